The number of nitrogens with zero attached hydrogens (tertiary/aromatic N) is 4. The third-order valence-corrected chi connectivity index (χ3v) is 3.75. The number of aromatic nitrogens is 3. The number of amides is 1. The van der Waals surface area contributed by atoms with Gasteiger partial charge in [-0.2, -0.15) is 5.10 Å². The van der Waals surface area contributed by atoms with Gasteiger partial charge in [-0.1, -0.05) is 0 Å². The third kappa shape index (κ3) is 4.27. The summed E-state index contributed by atoms with van der Waals surface area (Å²) < 4.78 is 7.26. The molecule has 1 aromatic carbocycles. The summed E-state index contributed by atoms with van der Waals surface area (Å²) in [6.07, 6.45) is 4.71. The number of aryl methyl sites for hydroxylation is 2. The van der Waals surface area contributed by atoms with Crippen LogP contribution in [0.2, 0.25) is 0 Å². The van der Waals surface area contributed by atoms with E-state index in [1.807, 2.05) is 6.92 Å². The molecule has 9 nitrogen and oxygen atoms in total. The van der Waals surface area contributed by atoms with Crippen molar-refractivity contribution >= 4 is 17.3 Å². The molecule has 138 valence electrons. The Morgan fingerprint density at radius 3 is 2.78 bits per heavy atom. The highest BCUT2D eigenvalue weighted by atomic mass is 16.6. The van der Waals surface area contributed by atoms with E-state index in [0.717, 1.165) is 0 Å². The number of pyridine rings is 1. The second kappa shape index (κ2) is 7.65. The molecule has 0 saturated carbocycles. The molecule has 1 amide bonds. The maximum Gasteiger partial charge on any atom is 0.275 e. The normalized spacial score (nSPS) is 10.4. The molecule has 0 unspecified atom stereocenters. The Balaban J connectivity index is 1.88. The molecule has 2 aromatic heterocycles. The minimum Gasteiger partial charge on any atom is -0.455 e. The van der Waals surface area contributed by atoms with Gasteiger partial charge in [-0.25, -0.2) is 0 Å². The Kier molecular flexibility index (Phi) is 5.11. The largest absolute Gasteiger partial charge is 0.455 e. The Morgan fingerprint density at radius 2 is 2.15 bits per heavy atom. The lowest BCUT2D eigenvalue weighted by Gasteiger charge is -2.09. The smallest absolute Gasteiger partial charge is 0.275 e. The third-order valence-electron chi connectivity index (χ3n) is 3.75. The van der Waals surface area contributed by atoms with Gasteiger partial charge in [0.1, 0.15) is 11.5 Å². The van der Waals surface area contributed by atoms with Crippen molar-refractivity contribution in [1.29, 1.82) is 0 Å². The summed E-state index contributed by atoms with van der Waals surface area (Å²) in [5.41, 5.74) is 1.02. The highest BCUT2D eigenvalue weighted by Crippen LogP contribution is 2.29. The molecule has 0 aliphatic carbocycles. The predicted molar refractivity (Wildman–Crippen MR) is 98.0 cm³/mol. The molecule has 0 saturated heterocycles. The minimum atomic E-state index is -0.549. The van der Waals surface area contributed by atoms with E-state index < -0.39 is 10.8 Å². The van der Waals surface area contributed by atoms with Gasteiger partial charge in [0.25, 0.3) is 11.6 Å². The Morgan fingerprint density at radius 1 is 1.33 bits per heavy atom. The van der Waals surface area contributed by atoms with Gasteiger partial charge in [-0.15, -0.1) is 0 Å². The number of anilines is 1. The zero-order valence-electron chi connectivity index (χ0n) is 14.7. The number of nitro benzene ring substituents is 1. The maximum absolute atomic E-state index is 12.5. The molecule has 0 spiro atoms. The lowest BCUT2D eigenvalue weighted by molar-refractivity contribution is -0.384. The van der Waals surface area contributed by atoms with Crippen LogP contribution in [0.5, 0.6) is 11.5 Å². The van der Waals surface area contributed by atoms with Crippen LogP contribution in [0.25, 0.3) is 0 Å². The first-order valence-electron chi connectivity index (χ1n) is 8.19. The second-order valence-electron chi connectivity index (χ2n) is 5.70. The summed E-state index contributed by atoms with van der Waals surface area (Å²) in [6.45, 7) is 4.27. The van der Waals surface area contributed by atoms with Crippen LogP contribution in [0.4, 0.5) is 11.4 Å². The molecule has 9 heteroatoms. The van der Waals surface area contributed by atoms with Gasteiger partial charge in [-0.05, 0) is 26.0 Å². The highest BCUT2D eigenvalue weighted by molar-refractivity contribution is 6.05. The fourth-order valence-corrected chi connectivity index (χ4v) is 2.46. The van der Waals surface area contributed by atoms with Crippen LogP contribution >= 0.6 is 0 Å². The zero-order chi connectivity index (χ0) is 19.4. The van der Waals surface area contributed by atoms with Crippen molar-refractivity contribution in [1.82, 2.24) is 14.8 Å². The lowest BCUT2D eigenvalue weighted by Crippen LogP contribution is -2.12. The second-order valence-corrected chi connectivity index (χ2v) is 5.70. The van der Waals surface area contributed by atoms with Gasteiger partial charge in [0.15, 0.2) is 0 Å². The topological polar surface area (TPSA) is 112 Å². The first kappa shape index (κ1) is 18.1. The van der Waals surface area contributed by atoms with E-state index in [0.29, 0.717) is 23.6 Å². The van der Waals surface area contributed by atoms with Gasteiger partial charge in [0, 0.05) is 31.1 Å². The molecule has 0 radical (unpaired) electrons. The maximum atomic E-state index is 12.5. The van der Waals surface area contributed by atoms with Crippen LogP contribution in [0.3, 0.4) is 0 Å². The van der Waals surface area contributed by atoms with E-state index in [4.69, 9.17) is 4.74 Å². The van der Waals surface area contributed by atoms with Crippen molar-refractivity contribution in [2.24, 2.45) is 0 Å². The molecule has 27 heavy (non-hydrogen) atoms. The predicted octanol–water partition coefficient (Wildman–Crippen LogP) is 3.56. The fourth-order valence-electron chi connectivity index (χ4n) is 2.46. The summed E-state index contributed by atoms with van der Waals surface area (Å²) in [5, 5.41) is 18.1. The highest BCUT2D eigenvalue weighted by Gasteiger charge is 2.17. The van der Waals surface area contributed by atoms with Crippen LogP contribution in [-0.4, -0.2) is 25.6 Å². The first-order chi connectivity index (χ1) is 13.0. The van der Waals surface area contributed by atoms with Crippen molar-refractivity contribution in [3.05, 3.63) is 70.3 Å². The quantitative estimate of drug-likeness (QED) is 0.526. The van der Waals surface area contributed by atoms with Gasteiger partial charge in [-0.3, -0.25) is 24.6 Å². The molecule has 0 atom stereocenters. The van der Waals surface area contributed by atoms with E-state index in [2.05, 4.69) is 15.4 Å². The number of carbonyl (C=O) groups excluding carboxylic acids is 1. The van der Waals surface area contributed by atoms with E-state index in [1.165, 1.54) is 24.4 Å². The van der Waals surface area contributed by atoms with Crippen LogP contribution in [0, 0.1) is 17.0 Å². The Bertz CT molecular complexity index is 985. The van der Waals surface area contributed by atoms with Gasteiger partial charge < -0.3 is 10.1 Å². The molecular formula is C18H17N5O4. The molecule has 3 rings (SSSR count). The summed E-state index contributed by atoms with van der Waals surface area (Å²) in [7, 11) is 0. The number of nitrogens with one attached hydrogen (secondary N) is 1. The molecule has 0 aliphatic rings. The average molecular weight is 367 g/mol. The fraction of sp³-hybridized carbons (Fsp3) is 0.167. The van der Waals surface area contributed by atoms with Crippen LogP contribution in [0.1, 0.15) is 23.0 Å². The number of hydrogen-bond donors (Lipinski definition) is 1. The number of hydrogen-bond acceptors (Lipinski definition) is 6. The van der Waals surface area contributed by atoms with Gasteiger partial charge in [0.2, 0.25) is 0 Å². The van der Waals surface area contributed by atoms with Crippen LogP contribution in [0.15, 0.2) is 48.9 Å². The summed E-state index contributed by atoms with van der Waals surface area (Å²) in [4.78, 5) is 27.1. The van der Waals surface area contributed by atoms with E-state index >= 15 is 0 Å². The summed E-state index contributed by atoms with van der Waals surface area (Å²) >= 11 is 0. The summed E-state index contributed by atoms with van der Waals surface area (Å²) in [5.74, 6) is 0.240. The number of carbonyl (C=O) groups is 1. The molecule has 2 heterocycles. The number of nitro groups is 1. The monoisotopic (exact) mass is 367 g/mol. The van der Waals surface area contributed by atoms with Crippen molar-refractivity contribution in [3.8, 4) is 11.5 Å². The van der Waals surface area contributed by atoms with Crippen molar-refractivity contribution in [2.75, 3.05) is 5.32 Å². The van der Waals surface area contributed by atoms with E-state index in [1.54, 1.807) is 36.1 Å². The molecule has 0 bridgehead atoms. The van der Waals surface area contributed by atoms with Crippen LogP contribution < -0.4 is 10.1 Å². The molecule has 0 fully saturated rings. The molecule has 3 aromatic rings. The number of ether oxygens (including phenoxy) is 1. The van der Waals surface area contributed by atoms with Crippen molar-refractivity contribution in [2.45, 2.75) is 20.4 Å². The number of rotatable bonds is 6. The van der Waals surface area contributed by atoms with Crippen molar-refractivity contribution < 1.29 is 14.5 Å². The zero-order valence-corrected chi connectivity index (χ0v) is 14.7. The number of benzene rings is 1. The van der Waals surface area contributed by atoms with Crippen molar-refractivity contribution in [3.63, 3.8) is 0 Å². The molecular weight excluding hydrogens is 350 g/mol. The average Bonchev–Trinajstić information content (AvgIpc) is 3.03. The van der Waals surface area contributed by atoms with E-state index in [9.17, 15) is 14.9 Å². The molecule has 0 aliphatic heterocycles. The summed E-state index contributed by atoms with van der Waals surface area (Å²) in [6, 6.07) is 7.42. The minimum absolute atomic E-state index is 0.201. The SMILES string of the molecule is CCn1cc(C(=O)Nc2cc(Oc3cccnc3)cc([N+](=O)[O-])c2)c(C)n1. The van der Waals surface area contributed by atoms with Gasteiger partial charge in [0.05, 0.1) is 34.1 Å². The molecule has 1 N–H and O–H groups in total. The first-order valence-corrected chi connectivity index (χ1v) is 8.19. The Labute approximate surface area is 154 Å². The van der Waals surface area contributed by atoms with Crippen LogP contribution in [-0.2, 0) is 6.54 Å². The van der Waals surface area contributed by atoms with E-state index in [-0.39, 0.29) is 17.1 Å². The van der Waals surface area contributed by atoms with Gasteiger partial charge >= 0.3 is 0 Å². The Hall–Kier alpha value is -3.75. The standard InChI is InChI=1S/C18H17N5O4/c1-3-22-11-17(12(2)21-22)18(24)20-13-7-14(23(25)26)9-16(8-13)27-15-5-4-6-19-10-15/h4-11H,3H2,1-2H3,(H,20,24). The number of non-ortho nitro benzene ring substituents is 1. The lowest BCUT2D eigenvalue weighted by atomic mass is 10.2.